The van der Waals surface area contributed by atoms with Crippen molar-refractivity contribution in [3.05, 3.63) is 60.6 Å². The topological polar surface area (TPSA) is 109 Å². The van der Waals surface area contributed by atoms with Crippen LogP contribution in [0.3, 0.4) is 0 Å². The number of phenols is 1. The average molecular weight is 307 g/mol. The van der Waals surface area contributed by atoms with Crippen molar-refractivity contribution < 1.29 is 15.0 Å². The van der Waals surface area contributed by atoms with Crippen LogP contribution in [0.25, 0.3) is 22.4 Å². The number of aromatic carboxylic acids is 1. The van der Waals surface area contributed by atoms with E-state index in [1.54, 1.807) is 24.7 Å². The Morgan fingerprint density at radius 1 is 1.00 bits per heavy atom. The number of carboxylic acid groups (broad SMARTS) is 1. The Kier molecular flexibility index (Phi) is 3.64. The Balaban J connectivity index is 2.17. The summed E-state index contributed by atoms with van der Waals surface area (Å²) >= 11 is 0. The smallest absolute Gasteiger partial charge is 0.339 e. The van der Waals surface area contributed by atoms with E-state index >= 15 is 0 Å². The van der Waals surface area contributed by atoms with Crippen LogP contribution in [-0.2, 0) is 0 Å². The van der Waals surface area contributed by atoms with Gasteiger partial charge < -0.3 is 15.9 Å². The second-order valence-corrected chi connectivity index (χ2v) is 4.90. The number of nitrogens with zero attached hydrogens (tertiary/aromatic N) is 2. The Morgan fingerprint density at radius 2 is 1.70 bits per heavy atom. The van der Waals surface area contributed by atoms with Crippen molar-refractivity contribution in [2.24, 2.45) is 0 Å². The number of carbonyl (C=O) groups is 1. The second kappa shape index (κ2) is 5.76. The van der Waals surface area contributed by atoms with Gasteiger partial charge in [-0.2, -0.15) is 0 Å². The molecular weight excluding hydrogens is 294 g/mol. The van der Waals surface area contributed by atoms with Gasteiger partial charge in [-0.15, -0.1) is 0 Å². The summed E-state index contributed by atoms with van der Waals surface area (Å²) in [5.74, 6) is -1.62. The fourth-order valence-corrected chi connectivity index (χ4v) is 2.34. The molecule has 0 bridgehead atoms. The molecule has 0 aliphatic rings. The summed E-state index contributed by atoms with van der Waals surface area (Å²) in [7, 11) is 0. The zero-order valence-corrected chi connectivity index (χ0v) is 12.0. The van der Waals surface area contributed by atoms with Crippen molar-refractivity contribution in [1.82, 2.24) is 9.97 Å². The summed E-state index contributed by atoms with van der Waals surface area (Å²) in [4.78, 5) is 19.4. The highest BCUT2D eigenvalue weighted by molar-refractivity contribution is 5.96. The summed E-state index contributed by atoms with van der Waals surface area (Å²) in [5, 5.41) is 19.4. The largest absolute Gasteiger partial charge is 0.506 e. The monoisotopic (exact) mass is 307 g/mol. The number of rotatable bonds is 3. The summed E-state index contributed by atoms with van der Waals surface area (Å²) in [6.45, 7) is 0. The molecule has 0 aliphatic carbocycles. The number of nitrogen functional groups attached to an aromatic ring is 1. The van der Waals surface area contributed by atoms with E-state index in [-0.39, 0.29) is 16.8 Å². The molecule has 1 aromatic carbocycles. The van der Waals surface area contributed by atoms with E-state index in [9.17, 15) is 9.90 Å². The van der Waals surface area contributed by atoms with E-state index in [0.717, 1.165) is 11.1 Å². The number of pyridine rings is 2. The molecule has 0 aliphatic heterocycles. The molecule has 0 unspecified atom stereocenters. The molecule has 0 saturated carbocycles. The zero-order valence-electron chi connectivity index (χ0n) is 12.0. The van der Waals surface area contributed by atoms with E-state index in [1.807, 2.05) is 18.2 Å². The van der Waals surface area contributed by atoms with Gasteiger partial charge in [0.2, 0.25) is 0 Å². The average Bonchev–Trinajstić information content (AvgIpc) is 2.56. The van der Waals surface area contributed by atoms with Crippen LogP contribution in [0.15, 0.2) is 55.0 Å². The molecule has 0 amide bonds. The molecule has 0 saturated heterocycles. The molecule has 4 N–H and O–H groups in total. The minimum absolute atomic E-state index is 0.209. The molecule has 0 fully saturated rings. The third-order valence-electron chi connectivity index (χ3n) is 3.47. The molecule has 0 spiro atoms. The molecule has 114 valence electrons. The highest BCUT2D eigenvalue weighted by Gasteiger charge is 2.18. The number of hydrogen-bond acceptors (Lipinski definition) is 5. The number of hydrogen-bond donors (Lipinski definition) is 3. The van der Waals surface area contributed by atoms with Gasteiger partial charge in [0.05, 0.1) is 11.3 Å². The van der Waals surface area contributed by atoms with Gasteiger partial charge in [-0.3, -0.25) is 9.97 Å². The number of anilines is 1. The van der Waals surface area contributed by atoms with Gasteiger partial charge in [0.25, 0.3) is 0 Å². The normalized spacial score (nSPS) is 10.4. The van der Waals surface area contributed by atoms with Crippen LogP contribution in [0.4, 0.5) is 5.69 Å². The first-order valence-corrected chi connectivity index (χ1v) is 6.79. The van der Waals surface area contributed by atoms with Crippen LogP contribution in [0, 0.1) is 0 Å². The Hall–Kier alpha value is -3.41. The van der Waals surface area contributed by atoms with Crippen LogP contribution in [0.2, 0.25) is 0 Å². The maximum atomic E-state index is 11.2. The van der Waals surface area contributed by atoms with Crippen LogP contribution >= 0.6 is 0 Å². The van der Waals surface area contributed by atoms with E-state index in [0.29, 0.717) is 5.69 Å². The van der Waals surface area contributed by atoms with Crippen LogP contribution < -0.4 is 5.73 Å². The summed E-state index contributed by atoms with van der Waals surface area (Å²) in [6.07, 6.45) is 4.93. The first kappa shape index (κ1) is 14.5. The van der Waals surface area contributed by atoms with Crippen molar-refractivity contribution in [1.29, 1.82) is 0 Å². The molecule has 6 nitrogen and oxygen atoms in total. The van der Waals surface area contributed by atoms with Crippen LogP contribution in [-0.4, -0.2) is 26.2 Å². The second-order valence-electron chi connectivity index (χ2n) is 4.90. The summed E-state index contributed by atoms with van der Waals surface area (Å²) < 4.78 is 0. The maximum absolute atomic E-state index is 11.2. The van der Waals surface area contributed by atoms with E-state index in [1.165, 1.54) is 12.1 Å². The molecule has 6 heteroatoms. The minimum Gasteiger partial charge on any atom is -0.506 e. The summed E-state index contributed by atoms with van der Waals surface area (Å²) in [5.41, 5.74) is 8.34. The van der Waals surface area contributed by atoms with Gasteiger partial charge in [0.1, 0.15) is 11.3 Å². The Morgan fingerprint density at radius 3 is 2.39 bits per heavy atom. The van der Waals surface area contributed by atoms with Crippen molar-refractivity contribution in [3.8, 4) is 28.1 Å². The number of benzene rings is 1. The molecule has 2 aromatic heterocycles. The molecule has 0 radical (unpaired) electrons. The number of carboxylic acids is 1. The van der Waals surface area contributed by atoms with Gasteiger partial charge in [-0.1, -0.05) is 0 Å². The predicted octanol–water partition coefficient (Wildman–Crippen LogP) is 2.80. The SMILES string of the molecule is Nc1ccc(C(=O)O)c(O)c1-c1cc(-c2ccncc2)ccn1. The van der Waals surface area contributed by atoms with Crippen molar-refractivity contribution in [2.75, 3.05) is 5.73 Å². The number of nitrogens with two attached hydrogens (primary N) is 1. The lowest BCUT2D eigenvalue weighted by Crippen LogP contribution is -2.01. The van der Waals surface area contributed by atoms with Gasteiger partial charge >= 0.3 is 5.97 Å². The predicted molar refractivity (Wildman–Crippen MR) is 85.9 cm³/mol. The fraction of sp³-hybridized carbons (Fsp3) is 0. The number of aromatic hydroxyl groups is 1. The van der Waals surface area contributed by atoms with E-state index < -0.39 is 11.7 Å². The fourth-order valence-electron chi connectivity index (χ4n) is 2.34. The quantitative estimate of drug-likeness (QED) is 0.642. The lowest BCUT2D eigenvalue weighted by atomic mass is 10.0. The first-order valence-electron chi connectivity index (χ1n) is 6.79. The van der Waals surface area contributed by atoms with Crippen LogP contribution in [0.1, 0.15) is 10.4 Å². The summed E-state index contributed by atoms with van der Waals surface area (Å²) in [6, 6.07) is 9.95. The Bertz CT molecular complexity index is 880. The van der Waals surface area contributed by atoms with Gasteiger partial charge in [-0.05, 0) is 47.5 Å². The molecular formula is C17H13N3O3. The van der Waals surface area contributed by atoms with Gasteiger partial charge in [0.15, 0.2) is 0 Å². The zero-order chi connectivity index (χ0) is 16.4. The van der Waals surface area contributed by atoms with Crippen molar-refractivity contribution in [3.63, 3.8) is 0 Å². The molecule has 2 heterocycles. The minimum atomic E-state index is -1.23. The number of aromatic nitrogens is 2. The lowest BCUT2D eigenvalue weighted by Gasteiger charge is -2.11. The first-order chi connectivity index (χ1) is 11.1. The third kappa shape index (κ3) is 2.69. The molecule has 23 heavy (non-hydrogen) atoms. The maximum Gasteiger partial charge on any atom is 0.339 e. The van der Waals surface area contributed by atoms with Gasteiger partial charge in [-0.25, -0.2) is 4.79 Å². The molecule has 3 aromatic rings. The standard InChI is InChI=1S/C17H13N3O3/c18-13-2-1-12(17(22)23)16(21)15(13)14-9-11(5-8-20-14)10-3-6-19-7-4-10/h1-9,21H,18H2,(H,22,23). The lowest BCUT2D eigenvalue weighted by molar-refractivity contribution is 0.0694. The van der Waals surface area contributed by atoms with E-state index in [4.69, 9.17) is 10.8 Å². The highest BCUT2D eigenvalue weighted by atomic mass is 16.4. The molecule has 0 atom stereocenters. The van der Waals surface area contributed by atoms with Crippen molar-refractivity contribution in [2.45, 2.75) is 0 Å². The third-order valence-corrected chi connectivity index (χ3v) is 3.47. The Labute approximate surface area is 131 Å². The molecule has 3 rings (SSSR count). The van der Waals surface area contributed by atoms with Crippen molar-refractivity contribution >= 4 is 11.7 Å². The van der Waals surface area contributed by atoms with E-state index in [2.05, 4.69) is 9.97 Å². The highest BCUT2D eigenvalue weighted by Crippen LogP contribution is 2.37. The van der Waals surface area contributed by atoms with Gasteiger partial charge in [0, 0.05) is 24.3 Å². The van der Waals surface area contributed by atoms with Crippen LogP contribution in [0.5, 0.6) is 5.75 Å².